The second-order valence-electron chi connectivity index (χ2n) is 5.94. The van der Waals surface area contributed by atoms with Gasteiger partial charge < -0.3 is 5.32 Å². The minimum absolute atomic E-state index is 0.0732. The first-order valence-electron chi connectivity index (χ1n) is 6.99. The minimum Gasteiger partial charge on any atom is -0.349 e. The van der Waals surface area contributed by atoms with Gasteiger partial charge in [-0.15, -0.1) is 0 Å². The normalized spacial score (nSPS) is 12.0. The van der Waals surface area contributed by atoms with Crippen molar-refractivity contribution >= 4 is 21.6 Å². The highest BCUT2D eigenvalue weighted by atomic mass is 32.2. The number of carbonyl (C=O) groups is 1. The largest absolute Gasteiger partial charge is 0.349 e. The van der Waals surface area contributed by atoms with E-state index in [-0.39, 0.29) is 11.9 Å². The molecule has 0 aliphatic heterocycles. The third-order valence-corrected chi connectivity index (χ3v) is 3.77. The Morgan fingerprint density at radius 3 is 2.14 bits per heavy atom. The Morgan fingerprint density at radius 2 is 1.67 bits per heavy atom. The average molecular weight is 312 g/mol. The standard InChI is InChI=1S/C15H24N2O3S/c1-10(2)14(11(3)4)16-15(18)12-7-6-8-13(9-12)17-21(5,19)20/h6-11,14,17H,1-5H3,(H,16,18). The van der Waals surface area contributed by atoms with Crippen LogP contribution in [-0.2, 0) is 10.0 Å². The van der Waals surface area contributed by atoms with E-state index in [1.807, 2.05) is 0 Å². The van der Waals surface area contributed by atoms with Gasteiger partial charge in [-0.05, 0) is 30.0 Å². The fraction of sp³-hybridized carbons (Fsp3) is 0.533. The van der Waals surface area contributed by atoms with Gasteiger partial charge in [0.2, 0.25) is 10.0 Å². The molecule has 0 radical (unpaired) electrons. The lowest BCUT2D eigenvalue weighted by Crippen LogP contribution is -2.42. The fourth-order valence-electron chi connectivity index (χ4n) is 2.28. The number of sulfonamides is 1. The van der Waals surface area contributed by atoms with Crippen LogP contribution in [0.25, 0.3) is 0 Å². The Labute approximate surface area is 127 Å². The van der Waals surface area contributed by atoms with E-state index < -0.39 is 10.0 Å². The van der Waals surface area contributed by atoms with Crippen molar-refractivity contribution in [2.24, 2.45) is 11.8 Å². The lowest BCUT2D eigenvalue weighted by atomic mass is 9.93. The quantitative estimate of drug-likeness (QED) is 0.847. The van der Waals surface area contributed by atoms with Crippen LogP contribution in [0.3, 0.4) is 0 Å². The fourth-order valence-corrected chi connectivity index (χ4v) is 2.83. The molecule has 2 N–H and O–H groups in total. The van der Waals surface area contributed by atoms with E-state index in [1.54, 1.807) is 18.2 Å². The van der Waals surface area contributed by atoms with Crippen molar-refractivity contribution in [3.05, 3.63) is 29.8 Å². The monoisotopic (exact) mass is 312 g/mol. The van der Waals surface area contributed by atoms with E-state index in [4.69, 9.17) is 0 Å². The predicted octanol–water partition coefficient (Wildman–Crippen LogP) is 2.47. The summed E-state index contributed by atoms with van der Waals surface area (Å²) < 4.78 is 24.8. The molecule has 0 saturated heterocycles. The van der Waals surface area contributed by atoms with Gasteiger partial charge in [0.05, 0.1) is 6.26 Å². The Balaban J connectivity index is 2.90. The molecule has 0 aromatic heterocycles. The molecule has 1 amide bonds. The van der Waals surface area contributed by atoms with Gasteiger partial charge in [0.25, 0.3) is 5.91 Å². The SMILES string of the molecule is CC(C)C(NC(=O)c1cccc(NS(C)(=O)=O)c1)C(C)C. The van der Waals surface area contributed by atoms with E-state index >= 15 is 0 Å². The molecular formula is C15H24N2O3S. The number of rotatable bonds is 6. The van der Waals surface area contributed by atoms with Crippen LogP contribution in [0.4, 0.5) is 5.69 Å². The summed E-state index contributed by atoms with van der Waals surface area (Å²) in [5, 5.41) is 3.01. The van der Waals surface area contributed by atoms with Crippen molar-refractivity contribution < 1.29 is 13.2 Å². The van der Waals surface area contributed by atoms with E-state index in [0.717, 1.165) is 6.26 Å². The Hall–Kier alpha value is -1.56. The maximum absolute atomic E-state index is 12.3. The summed E-state index contributed by atoms with van der Waals surface area (Å²) >= 11 is 0. The molecule has 0 bridgehead atoms. The van der Waals surface area contributed by atoms with Gasteiger partial charge in [0.15, 0.2) is 0 Å². The molecule has 1 aromatic carbocycles. The van der Waals surface area contributed by atoms with E-state index in [1.165, 1.54) is 6.07 Å². The number of hydrogen-bond donors (Lipinski definition) is 2. The Bertz CT molecular complexity index is 587. The van der Waals surface area contributed by atoms with Crippen molar-refractivity contribution in [1.29, 1.82) is 0 Å². The second-order valence-corrected chi connectivity index (χ2v) is 7.69. The van der Waals surface area contributed by atoms with Crippen molar-refractivity contribution in [3.8, 4) is 0 Å². The van der Waals surface area contributed by atoms with Crippen molar-refractivity contribution in [2.75, 3.05) is 11.0 Å². The molecule has 1 aromatic rings. The maximum atomic E-state index is 12.3. The molecule has 0 unspecified atom stereocenters. The predicted molar refractivity (Wildman–Crippen MR) is 85.8 cm³/mol. The molecule has 6 heteroatoms. The molecule has 0 spiro atoms. The zero-order valence-electron chi connectivity index (χ0n) is 13.2. The van der Waals surface area contributed by atoms with Crippen LogP contribution >= 0.6 is 0 Å². The molecule has 0 fully saturated rings. The minimum atomic E-state index is -3.35. The van der Waals surface area contributed by atoms with E-state index in [9.17, 15) is 13.2 Å². The zero-order valence-corrected chi connectivity index (χ0v) is 14.0. The van der Waals surface area contributed by atoms with Gasteiger partial charge in [0, 0.05) is 17.3 Å². The van der Waals surface area contributed by atoms with Gasteiger partial charge >= 0.3 is 0 Å². The molecule has 1 rings (SSSR count). The average Bonchev–Trinajstić information content (AvgIpc) is 2.33. The number of benzene rings is 1. The molecule has 0 saturated carbocycles. The lowest BCUT2D eigenvalue weighted by Gasteiger charge is -2.26. The highest BCUT2D eigenvalue weighted by molar-refractivity contribution is 7.92. The molecule has 0 atom stereocenters. The zero-order chi connectivity index (χ0) is 16.2. The maximum Gasteiger partial charge on any atom is 0.251 e. The van der Waals surface area contributed by atoms with Crippen LogP contribution in [-0.4, -0.2) is 26.6 Å². The number of carbonyl (C=O) groups excluding carboxylic acids is 1. The number of anilines is 1. The van der Waals surface area contributed by atoms with Gasteiger partial charge in [0.1, 0.15) is 0 Å². The van der Waals surface area contributed by atoms with Gasteiger partial charge in [-0.1, -0.05) is 33.8 Å². The summed E-state index contributed by atoms with van der Waals surface area (Å²) in [6.07, 6.45) is 1.08. The third-order valence-electron chi connectivity index (χ3n) is 3.16. The van der Waals surface area contributed by atoms with E-state index in [2.05, 4.69) is 37.7 Å². The first-order valence-corrected chi connectivity index (χ1v) is 8.88. The lowest BCUT2D eigenvalue weighted by molar-refractivity contribution is 0.0910. The Morgan fingerprint density at radius 1 is 1.10 bits per heavy atom. The summed E-state index contributed by atoms with van der Waals surface area (Å²) in [7, 11) is -3.35. The Kier molecular flexibility index (Phi) is 5.78. The first kappa shape index (κ1) is 17.5. The van der Waals surface area contributed by atoms with E-state index in [0.29, 0.717) is 23.1 Å². The van der Waals surface area contributed by atoms with Crippen LogP contribution in [0.5, 0.6) is 0 Å². The summed E-state index contributed by atoms with van der Waals surface area (Å²) in [5.41, 5.74) is 0.825. The van der Waals surface area contributed by atoms with Crippen LogP contribution in [0.15, 0.2) is 24.3 Å². The molecule has 0 aliphatic carbocycles. The highest BCUT2D eigenvalue weighted by Crippen LogP contribution is 2.15. The molecule has 0 heterocycles. The number of hydrogen-bond acceptors (Lipinski definition) is 3. The van der Waals surface area contributed by atoms with Gasteiger partial charge in [-0.25, -0.2) is 8.42 Å². The van der Waals surface area contributed by atoms with Crippen molar-refractivity contribution in [1.82, 2.24) is 5.32 Å². The summed E-state index contributed by atoms with van der Waals surface area (Å²) in [4.78, 5) is 12.3. The topological polar surface area (TPSA) is 75.3 Å². The van der Waals surface area contributed by atoms with Gasteiger partial charge in [-0.2, -0.15) is 0 Å². The highest BCUT2D eigenvalue weighted by Gasteiger charge is 2.20. The molecule has 21 heavy (non-hydrogen) atoms. The van der Waals surface area contributed by atoms with Crippen molar-refractivity contribution in [2.45, 2.75) is 33.7 Å². The van der Waals surface area contributed by atoms with Crippen LogP contribution in [0.1, 0.15) is 38.1 Å². The third kappa shape index (κ3) is 5.75. The summed E-state index contributed by atoms with van der Waals surface area (Å²) in [6.45, 7) is 8.25. The van der Waals surface area contributed by atoms with Crippen LogP contribution < -0.4 is 10.0 Å². The molecule has 118 valence electrons. The number of amides is 1. The first-order chi connectivity index (χ1) is 9.60. The van der Waals surface area contributed by atoms with Crippen LogP contribution in [0, 0.1) is 11.8 Å². The van der Waals surface area contributed by atoms with Gasteiger partial charge in [-0.3, -0.25) is 9.52 Å². The summed E-state index contributed by atoms with van der Waals surface area (Å²) in [6, 6.07) is 6.54. The van der Waals surface area contributed by atoms with Crippen LogP contribution in [0.2, 0.25) is 0 Å². The molecule has 0 aliphatic rings. The summed E-state index contributed by atoms with van der Waals surface area (Å²) in [5.74, 6) is 0.456. The molecular weight excluding hydrogens is 288 g/mol. The second kappa shape index (κ2) is 6.93. The van der Waals surface area contributed by atoms with Crippen molar-refractivity contribution in [3.63, 3.8) is 0 Å². The number of nitrogens with one attached hydrogen (secondary N) is 2. The molecule has 5 nitrogen and oxygen atoms in total. The smallest absolute Gasteiger partial charge is 0.251 e.